The molecule has 1 amide bonds. The van der Waals surface area contributed by atoms with E-state index in [-0.39, 0.29) is 5.91 Å². The molecule has 0 spiro atoms. The van der Waals surface area contributed by atoms with Crippen LogP contribution in [0.5, 0.6) is 0 Å². The van der Waals surface area contributed by atoms with Gasteiger partial charge in [0.2, 0.25) is 0 Å². The van der Waals surface area contributed by atoms with Crippen molar-refractivity contribution in [1.29, 1.82) is 0 Å². The minimum absolute atomic E-state index is 0.203. The number of benzene rings is 1. The van der Waals surface area contributed by atoms with Crippen LogP contribution < -0.4 is 5.32 Å². The quantitative estimate of drug-likeness (QED) is 0.869. The first-order valence-corrected chi connectivity index (χ1v) is 5.09. The maximum absolute atomic E-state index is 11.8. The predicted octanol–water partition coefficient (Wildman–Crippen LogP) is 2.33. The molecule has 0 unspecified atom stereocenters. The van der Waals surface area contributed by atoms with E-state index in [0.29, 0.717) is 16.4 Å². The third-order valence-electron chi connectivity index (χ3n) is 2.15. The average molecular weight is 236 g/mol. The molecule has 0 aliphatic heterocycles. The molecule has 1 heterocycles. The Bertz CT molecular complexity index is 521. The second-order valence-electron chi connectivity index (χ2n) is 3.30. The van der Waals surface area contributed by atoms with Crippen molar-refractivity contribution in [2.45, 2.75) is 0 Å². The number of nitrogens with zero attached hydrogens (tertiary/aromatic N) is 2. The molecule has 2 rings (SSSR count). The van der Waals surface area contributed by atoms with Crippen LogP contribution in [0, 0.1) is 0 Å². The summed E-state index contributed by atoms with van der Waals surface area (Å²) in [5.41, 5.74) is 0.522. The SMILES string of the molecule is Cn1nccc1NC(=O)c1cccc(Cl)c1. The van der Waals surface area contributed by atoms with Crippen LogP contribution in [-0.4, -0.2) is 15.7 Å². The van der Waals surface area contributed by atoms with E-state index in [2.05, 4.69) is 10.4 Å². The summed E-state index contributed by atoms with van der Waals surface area (Å²) in [7, 11) is 1.76. The number of carbonyl (C=O) groups is 1. The zero-order valence-corrected chi connectivity index (χ0v) is 9.40. The van der Waals surface area contributed by atoms with Crippen molar-refractivity contribution in [2.75, 3.05) is 5.32 Å². The molecule has 0 radical (unpaired) electrons. The highest BCUT2D eigenvalue weighted by atomic mass is 35.5. The average Bonchev–Trinajstić information content (AvgIpc) is 2.64. The molecule has 0 saturated carbocycles. The molecule has 0 aliphatic carbocycles. The Morgan fingerprint density at radius 1 is 1.44 bits per heavy atom. The summed E-state index contributed by atoms with van der Waals surface area (Å²) < 4.78 is 1.59. The molecule has 1 N–H and O–H groups in total. The fraction of sp³-hybridized carbons (Fsp3) is 0.0909. The summed E-state index contributed by atoms with van der Waals surface area (Å²) in [5, 5.41) is 7.23. The molecule has 2 aromatic rings. The molecule has 1 aromatic heterocycles. The van der Waals surface area contributed by atoms with Gasteiger partial charge in [0.15, 0.2) is 0 Å². The van der Waals surface area contributed by atoms with Gasteiger partial charge in [0.05, 0.1) is 6.20 Å². The molecule has 5 heteroatoms. The van der Waals surface area contributed by atoms with E-state index in [0.717, 1.165) is 0 Å². The summed E-state index contributed by atoms with van der Waals surface area (Å²) in [5.74, 6) is 0.441. The number of aryl methyl sites for hydroxylation is 1. The van der Waals surface area contributed by atoms with E-state index in [1.165, 1.54) is 0 Å². The van der Waals surface area contributed by atoms with Gasteiger partial charge in [-0.25, -0.2) is 0 Å². The Hall–Kier alpha value is -1.81. The van der Waals surface area contributed by atoms with Crippen LogP contribution in [0.4, 0.5) is 5.82 Å². The first kappa shape index (κ1) is 10.7. The Balaban J connectivity index is 2.18. The summed E-state index contributed by atoms with van der Waals surface area (Å²) in [6.45, 7) is 0. The van der Waals surface area contributed by atoms with Crippen molar-refractivity contribution < 1.29 is 4.79 Å². The van der Waals surface area contributed by atoms with Crippen molar-refractivity contribution >= 4 is 23.3 Å². The smallest absolute Gasteiger partial charge is 0.256 e. The highest BCUT2D eigenvalue weighted by Crippen LogP contribution is 2.12. The number of anilines is 1. The second-order valence-corrected chi connectivity index (χ2v) is 3.74. The van der Waals surface area contributed by atoms with Crippen LogP contribution in [0.15, 0.2) is 36.5 Å². The minimum atomic E-state index is -0.203. The summed E-state index contributed by atoms with van der Waals surface area (Å²) in [6.07, 6.45) is 1.62. The normalized spacial score (nSPS) is 10.1. The molecule has 0 atom stereocenters. The number of hydrogen-bond acceptors (Lipinski definition) is 2. The summed E-state index contributed by atoms with van der Waals surface area (Å²) >= 11 is 5.80. The predicted molar refractivity (Wildman–Crippen MR) is 62.6 cm³/mol. The van der Waals surface area contributed by atoms with Gasteiger partial charge in [-0.3, -0.25) is 9.48 Å². The molecule has 0 bridgehead atoms. The van der Waals surface area contributed by atoms with Crippen LogP contribution in [0.25, 0.3) is 0 Å². The zero-order valence-electron chi connectivity index (χ0n) is 8.64. The Morgan fingerprint density at radius 3 is 2.88 bits per heavy atom. The third kappa shape index (κ3) is 2.23. The van der Waals surface area contributed by atoms with Crippen molar-refractivity contribution in [3.63, 3.8) is 0 Å². The largest absolute Gasteiger partial charge is 0.307 e. The Kier molecular flexibility index (Phi) is 2.92. The molecule has 0 aliphatic rings. The highest BCUT2D eigenvalue weighted by Gasteiger charge is 2.07. The maximum atomic E-state index is 11.8. The lowest BCUT2D eigenvalue weighted by molar-refractivity contribution is 0.102. The number of amides is 1. The number of hydrogen-bond donors (Lipinski definition) is 1. The fourth-order valence-corrected chi connectivity index (χ4v) is 1.51. The molecule has 0 saturated heterocycles. The molecule has 4 nitrogen and oxygen atoms in total. The molecule has 82 valence electrons. The van der Waals surface area contributed by atoms with Gasteiger partial charge >= 0.3 is 0 Å². The lowest BCUT2D eigenvalue weighted by Crippen LogP contribution is -2.14. The van der Waals surface area contributed by atoms with Crippen molar-refractivity contribution in [1.82, 2.24) is 9.78 Å². The fourth-order valence-electron chi connectivity index (χ4n) is 1.31. The van der Waals surface area contributed by atoms with Crippen LogP contribution in [0.2, 0.25) is 5.02 Å². The van der Waals surface area contributed by atoms with Gasteiger partial charge in [-0.15, -0.1) is 0 Å². The van der Waals surface area contributed by atoms with E-state index in [1.54, 1.807) is 48.3 Å². The monoisotopic (exact) mass is 235 g/mol. The number of aromatic nitrogens is 2. The molecular weight excluding hydrogens is 226 g/mol. The summed E-state index contributed by atoms with van der Waals surface area (Å²) in [4.78, 5) is 11.8. The second kappa shape index (κ2) is 4.37. The van der Waals surface area contributed by atoms with Gasteiger partial charge in [-0.2, -0.15) is 5.10 Å². The topological polar surface area (TPSA) is 46.9 Å². The molecule has 0 fully saturated rings. The number of rotatable bonds is 2. The van der Waals surface area contributed by atoms with Crippen LogP contribution in [-0.2, 0) is 7.05 Å². The van der Waals surface area contributed by atoms with Gasteiger partial charge in [-0.1, -0.05) is 17.7 Å². The van der Waals surface area contributed by atoms with E-state index >= 15 is 0 Å². The first-order chi connectivity index (χ1) is 7.66. The molecular formula is C11H10ClN3O. The van der Waals surface area contributed by atoms with Crippen LogP contribution in [0.1, 0.15) is 10.4 Å². The van der Waals surface area contributed by atoms with Crippen molar-refractivity contribution in [3.05, 3.63) is 47.1 Å². The molecule has 1 aromatic carbocycles. The third-order valence-corrected chi connectivity index (χ3v) is 2.38. The number of halogens is 1. The highest BCUT2D eigenvalue weighted by molar-refractivity contribution is 6.31. The number of carbonyl (C=O) groups excluding carboxylic acids is 1. The minimum Gasteiger partial charge on any atom is -0.307 e. The molecule has 16 heavy (non-hydrogen) atoms. The Morgan fingerprint density at radius 2 is 2.25 bits per heavy atom. The van der Waals surface area contributed by atoms with Gasteiger partial charge in [-0.05, 0) is 18.2 Å². The first-order valence-electron chi connectivity index (χ1n) is 4.72. The van der Waals surface area contributed by atoms with E-state index < -0.39 is 0 Å². The van der Waals surface area contributed by atoms with Gasteiger partial charge in [0, 0.05) is 23.7 Å². The van der Waals surface area contributed by atoms with Gasteiger partial charge in [0.25, 0.3) is 5.91 Å². The van der Waals surface area contributed by atoms with Gasteiger partial charge in [0.1, 0.15) is 5.82 Å². The van der Waals surface area contributed by atoms with Crippen molar-refractivity contribution in [2.24, 2.45) is 7.05 Å². The maximum Gasteiger partial charge on any atom is 0.256 e. The standard InChI is InChI=1S/C11H10ClN3O/c1-15-10(5-6-13-15)14-11(16)8-3-2-4-9(12)7-8/h2-7H,1H3,(H,14,16). The Labute approximate surface area is 97.8 Å². The van der Waals surface area contributed by atoms with Crippen LogP contribution in [0.3, 0.4) is 0 Å². The lowest BCUT2D eigenvalue weighted by Gasteiger charge is -2.05. The van der Waals surface area contributed by atoms with Crippen molar-refractivity contribution in [3.8, 4) is 0 Å². The lowest BCUT2D eigenvalue weighted by atomic mass is 10.2. The summed E-state index contributed by atoms with van der Waals surface area (Å²) in [6, 6.07) is 8.51. The van der Waals surface area contributed by atoms with E-state index in [1.807, 2.05) is 0 Å². The van der Waals surface area contributed by atoms with E-state index in [4.69, 9.17) is 11.6 Å². The van der Waals surface area contributed by atoms with Crippen LogP contribution >= 0.6 is 11.6 Å². The zero-order chi connectivity index (χ0) is 11.5. The number of nitrogens with one attached hydrogen (secondary N) is 1. The van der Waals surface area contributed by atoms with Gasteiger partial charge < -0.3 is 5.32 Å². The van der Waals surface area contributed by atoms with E-state index in [9.17, 15) is 4.79 Å².